The second-order valence-electron chi connectivity index (χ2n) is 3.53. The van der Waals surface area contributed by atoms with Crippen molar-refractivity contribution in [2.24, 2.45) is 0 Å². The van der Waals surface area contributed by atoms with Crippen molar-refractivity contribution < 1.29 is 14.1 Å². The number of quaternary nitrogens is 1. The van der Waals surface area contributed by atoms with Crippen molar-refractivity contribution in [1.82, 2.24) is 10.6 Å². The number of hydrogen-bond acceptors (Lipinski definition) is 2. The van der Waals surface area contributed by atoms with Gasteiger partial charge in [-0.05, 0) is 0 Å². The van der Waals surface area contributed by atoms with Crippen LogP contribution in [0.1, 0.15) is 0 Å². The summed E-state index contributed by atoms with van der Waals surface area (Å²) in [5.41, 5.74) is 0. The Morgan fingerprint density at radius 2 is 1.38 bits per heavy atom. The zero-order chi connectivity index (χ0) is 10.2. The third-order valence-electron chi connectivity index (χ3n) is 1.89. The van der Waals surface area contributed by atoms with Gasteiger partial charge in [-0.3, -0.25) is 9.59 Å². The molecule has 0 rings (SSSR count). The molecule has 5 nitrogen and oxygen atoms in total. The van der Waals surface area contributed by atoms with E-state index in [0.717, 1.165) is 17.6 Å². The molecule has 5 heteroatoms. The Kier molecular flexibility index (Phi) is 5.88. The maximum absolute atomic E-state index is 9.97. The first-order valence-electron chi connectivity index (χ1n) is 4.28. The molecule has 0 aromatic carbocycles. The van der Waals surface area contributed by atoms with Crippen LogP contribution in [0, 0.1) is 0 Å². The highest BCUT2D eigenvalue weighted by atomic mass is 16.1. The minimum Gasteiger partial charge on any atom is -0.353 e. The number of rotatable bonds is 8. The summed E-state index contributed by atoms with van der Waals surface area (Å²) in [5, 5.41) is 5.22. The van der Waals surface area contributed by atoms with Crippen LogP contribution in [0.3, 0.4) is 0 Å². The Balaban J connectivity index is 3.52. The zero-order valence-electron chi connectivity index (χ0n) is 8.25. The molecule has 0 aromatic rings. The van der Waals surface area contributed by atoms with E-state index in [1.807, 2.05) is 0 Å². The highest BCUT2D eigenvalue weighted by Gasteiger charge is 2.12. The average molecular weight is 188 g/mol. The lowest BCUT2D eigenvalue weighted by Gasteiger charge is -2.29. The summed E-state index contributed by atoms with van der Waals surface area (Å²) in [5.74, 6) is 0. The van der Waals surface area contributed by atoms with Crippen molar-refractivity contribution in [2.75, 3.05) is 40.3 Å². The van der Waals surface area contributed by atoms with Crippen molar-refractivity contribution in [2.45, 2.75) is 0 Å². The summed E-state index contributed by atoms with van der Waals surface area (Å²) in [6.07, 6.45) is 1.40. The van der Waals surface area contributed by atoms with Gasteiger partial charge in [0.15, 0.2) is 0 Å². The fraction of sp³-hybridized carbons (Fsp3) is 0.750. The normalized spacial score (nSPS) is 10.6. The maximum Gasteiger partial charge on any atom is 0.207 e. The summed E-state index contributed by atoms with van der Waals surface area (Å²) >= 11 is 0. The molecule has 0 aliphatic rings. The van der Waals surface area contributed by atoms with Crippen molar-refractivity contribution in [3.63, 3.8) is 0 Å². The molecule has 0 aliphatic heterocycles. The predicted molar refractivity (Wildman–Crippen MR) is 50.0 cm³/mol. The lowest BCUT2D eigenvalue weighted by atomic mass is 10.4. The number of nitrogens with one attached hydrogen (secondary N) is 2. The highest BCUT2D eigenvalue weighted by Crippen LogP contribution is 1.92. The van der Waals surface area contributed by atoms with E-state index in [2.05, 4.69) is 24.7 Å². The lowest BCUT2D eigenvalue weighted by molar-refractivity contribution is -0.887. The molecule has 0 bridgehead atoms. The van der Waals surface area contributed by atoms with Crippen LogP contribution >= 0.6 is 0 Å². The van der Waals surface area contributed by atoms with Gasteiger partial charge in [0.2, 0.25) is 12.8 Å². The van der Waals surface area contributed by atoms with Gasteiger partial charge in [0.05, 0.1) is 40.3 Å². The van der Waals surface area contributed by atoms with Crippen LogP contribution in [-0.4, -0.2) is 57.6 Å². The summed E-state index contributed by atoms with van der Waals surface area (Å²) in [7, 11) is 4.11. The Morgan fingerprint density at radius 3 is 1.69 bits per heavy atom. The monoisotopic (exact) mass is 188 g/mol. The standard InChI is InChI=1S/C8H17N3O2/c1-11(2,5-3-9-7-12)6-4-10-8-13/h7-8H,3-6H2,1-2H3,(H-,9,10,12,13)/p+1. The molecular formula is C8H18N3O2+. The van der Waals surface area contributed by atoms with Crippen LogP contribution < -0.4 is 10.6 Å². The van der Waals surface area contributed by atoms with Crippen LogP contribution in [0.15, 0.2) is 0 Å². The van der Waals surface area contributed by atoms with Crippen LogP contribution in [0.4, 0.5) is 0 Å². The van der Waals surface area contributed by atoms with Gasteiger partial charge in [-0.15, -0.1) is 0 Å². The van der Waals surface area contributed by atoms with E-state index in [-0.39, 0.29) is 0 Å². The molecule has 0 aromatic heterocycles. The second-order valence-corrected chi connectivity index (χ2v) is 3.53. The van der Waals surface area contributed by atoms with Gasteiger partial charge in [-0.2, -0.15) is 0 Å². The molecule has 0 atom stereocenters. The van der Waals surface area contributed by atoms with Crippen molar-refractivity contribution in [3.05, 3.63) is 0 Å². The number of nitrogens with zero attached hydrogens (tertiary/aromatic N) is 1. The Morgan fingerprint density at radius 1 is 1.00 bits per heavy atom. The maximum atomic E-state index is 9.97. The Labute approximate surface area is 78.7 Å². The molecule has 0 aliphatic carbocycles. The minimum atomic E-state index is 0.664. The van der Waals surface area contributed by atoms with Crippen molar-refractivity contribution in [1.29, 1.82) is 0 Å². The van der Waals surface area contributed by atoms with Gasteiger partial charge in [-0.1, -0.05) is 0 Å². The van der Waals surface area contributed by atoms with E-state index in [4.69, 9.17) is 0 Å². The highest BCUT2D eigenvalue weighted by molar-refractivity contribution is 5.45. The van der Waals surface area contributed by atoms with Gasteiger partial charge in [0.25, 0.3) is 0 Å². The van der Waals surface area contributed by atoms with E-state index in [1.54, 1.807) is 0 Å². The molecule has 0 fully saturated rings. The molecule has 0 radical (unpaired) electrons. The van der Waals surface area contributed by atoms with Crippen LogP contribution in [0.5, 0.6) is 0 Å². The van der Waals surface area contributed by atoms with Gasteiger partial charge >= 0.3 is 0 Å². The molecular weight excluding hydrogens is 170 g/mol. The third kappa shape index (κ3) is 7.27. The molecule has 2 amide bonds. The summed E-state index contributed by atoms with van der Waals surface area (Å²) < 4.78 is 0.779. The van der Waals surface area contributed by atoms with Gasteiger partial charge in [0, 0.05) is 0 Å². The number of amides is 2. The number of carbonyl (C=O) groups excluding carboxylic acids is 2. The minimum absolute atomic E-state index is 0.664. The molecule has 0 unspecified atom stereocenters. The molecule has 0 saturated carbocycles. The fourth-order valence-corrected chi connectivity index (χ4v) is 0.964. The molecule has 76 valence electrons. The topological polar surface area (TPSA) is 58.2 Å². The fourth-order valence-electron chi connectivity index (χ4n) is 0.964. The van der Waals surface area contributed by atoms with Crippen LogP contribution in [-0.2, 0) is 9.59 Å². The smallest absolute Gasteiger partial charge is 0.207 e. The molecule has 2 N–H and O–H groups in total. The summed E-state index contributed by atoms with van der Waals surface area (Å²) in [6.45, 7) is 3.05. The summed E-state index contributed by atoms with van der Waals surface area (Å²) in [6, 6.07) is 0. The van der Waals surface area contributed by atoms with Crippen LogP contribution in [0.25, 0.3) is 0 Å². The van der Waals surface area contributed by atoms with E-state index >= 15 is 0 Å². The first kappa shape index (κ1) is 11.9. The Bertz CT molecular complexity index is 143. The number of hydrogen-bond donors (Lipinski definition) is 2. The first-order chi connectivity index (χ1) is 6.12. The first-order valence-corrected chi connectivity index (χ1v) is 4.28. The largest absolute Gasteiger partial charge is 0.353 e. The molecule has 0 spiro atoms. The Hall–Kier alpha value is -1.10. The predicted octanol–water partition coefficient (Wildman–Crippen LogP) is -1.45. The lowest BCUT2D eigenvalue weighted by Crippen LogP contribution is -2.47. The zero-order valence-corrected chi connectivity index (χ0v) is 8.25. The van der Waals surface area contributed by atoms with E-state index in [0.29, 0.717) is 25.9 Å². The van der Waals surface area contributed by atoms with E-state index in [9.17, 15) is 9.59 Å². The van der Waals surface area contributed by atoms with Crippen molar-refractivity contribution in [3.8, 4) is 0 Å². The summed E-state index contributed by atoms with van der Waals surface area (Å²) in [4.78, 5) is 19.9. The van der Waals surface area contributed by atoms with Crippen molar-refractivity contribution >= 4 is 12.8 Å². The van der Waals surface area contributed by atoms with E-state index in [1.165, 1.54) is 0 Å². The SMILES string of the molecule is C[N+](C)(CCNC=O)CCNC=O. The second kappa shape index (κ2) is 6.42. The molecule has 0 saturated heterocycles. The van der Waals surface area contributed by atoms with E-state index < -0.39 is 0 Å². The molecule has 13 heavy (non-hydrogen) atoms. The van der Waals surface area contributed by atoms with Gasteiger partial charge in [0.1, 0.15) is 0 Å². The number of likely N-dealkylation sites (N-methyl/N-ethyl adjacent to an activating group) is 1. The quantitative estimate of drug-likeness (QED) is 0.278. The number of carbonyl (C=O) groups is 2. The average Bonchev–Trinajstić information content (AvgIpc) is 2.05. The molecule has 0 heterocycles. The van der Waals surface area contributed by atoms with Gasteiger partial charge in [-0.25, -0.2) is 0 Å². The third-order valence-corrected chi connectivity index (χ3v) is 1.89. The van der Waals surface area contributed by atoms with Gasteiger partial charge < -0.3 is 15.1 Å². The van der Waals surface area contributed by atoms with Crippen LogP contribution in [0.2, 0.25) is 0 Å².